The molecular weight excluding hydrogens is 534 g/mol. The molecule has 0 saturated carbocycles. The molecule has 0 N–H and O–H groups in total. The van der Waals surface area contributed by atoms with Gasteiger partial charge in [0.2, 0.25) is 10.9 Å². The number of hydrogen-bond donors (Lipinski definition) is 0. The van der Waals surface area contributed by atoms with Gasteiger partial charge in [0.1, 0.15) is 10.6 Å². The maximum absolute atomic E-state index is 13.5. The third kappa shape index (κ3) is 3.03. The van der Waals surface area contributed by atoms with Gasteiger partial charge >= 0.3 is 0 Å². The van der Waals surface area contributed by atoms with Crippen molar-refractivity contribution in [1.29, 1.82) is 0 Å². The zero-order valence-corrected chi connectivity index (χ0v) is 19.5. The van der Waals surface area contributed by atoms with Crippen LogP contribution in [0.1, 0.15) is 39.7 Å². The first-order valence-electron chi connectivity index (χ1n) is 9.15. The van der Waals surface area contributed by atoms with Crippen LogP contribution in [0.2, 0.25) is 0 Å². The molecule has 5 rings (SSSR count). The molecule has 0 radical (unpaired) electrons. The Morgan fingerprint density at radius 3 is 2.50 bits per heavy atom. The Balaban J connectivity index is 1.80. The fourth-order valence-corrected chi connectivity index (χ4v) is 5.02. The van der Waals surface area contributed by atoms with Crippen molar-refractivity contribution in [3.05, 3.63) is 83.5 Å². The van der Waals surface area contributed by atoms with Crippen molar-refractivity contribution in [2.75, 3.05) is 4.90 Å². The topological polar surface area (TPSA) is 76.3 Å². The van der Waals surface area contributed by atoms with Crippen LogP contribution < -0.4 is 10.3 Å². The Bertz CT molecular complexity index is 1360. The van der Waals surface area contributed by atoms with Crippen molar-refractivity contribution in [2.24, 2.45) is 0 Å². The third-order valence-corrected chi connectivity index (χ3v) is 7.07. The molecule has 2 aromatic heterocycles. The van der Waals surface area contributed by atoms with E-state index in [1.165, 1.54) is 16.2 Å². The number of rotatable bonds is 3. The van der Waals surface area contributed by atoms with Gasteiger partial charge in [0, 0.05) is 8.95 Å². The number of amides is 1. The van der Waals surface area contributed by atoms with Crippen molar-refractivity contribution in [3.8, 4) is 0 Å². The van der Waals surface area contributed by atoms with E-state index < -0.39 is 11.9 Å². The molecule has 0 fully saturated rings. The molecule has 1 aliphatic rings. The highest BCUT2D eigenvalue weighted by Gasteiger charge is 2.45. The highest BCUT2D eigenvalue weighted by Crippen LogP contribution is 2.42. The van der Waals surface area contributed by atoms with Gasteiger partial charge < -0.3 is 4.42 Å². The van der Waals surface area contributed by atoms with Gasteiger partial charge in [0.15, 0.2) is 5.43 Å². The average Bonchev–Trinajstić information content (AvgIpc) is 3.32. The lowest BCUT2D eigenvalue weighted by Crippen LogP contribution is -2.29. The predicted octanol–water partition coefficient (Wildman–Crippen LogP) is 5.48. The first-order chi connectivity index (χ1) is 14.5. The van der Waals surface area contributed by atoms with Crippen LogP contribution in [-0.2, 0) is 6.42 Å². The van der Waals surface area contributed by atoms with E-state index in [1.54, 1.807) is 18.2 Å². The number of benzene rings is 2. The second kappa shape index (κ2) is 7.40. The monoisotopic (exact) mass is 545 g/mol. The Labute approximate surface area is 191 Å². The Hall–Kier alpha value is -2.36. The average molecular weight is 547 g/mol. The largest absolute Gasteiger partial charge is 0.450 e. The van der Waals surface area contributed by atoms with E-state index in [0.717, 1.165) is 19.5 Å². The first kappa shape index (κ1) is 19.6. The number of nitrogens with zero attached hydrogens (tertiary/aromatic N) is 3. The summed E-state index contributed by atoms with van der Waals surface area (Å²) in [7, 11) is 0. The lowest BCUT2D eigenvalue weighted by atomic mass is 9.99. The standard InChI is InChI=1S/C21H13Br2N3O3S/c1-2-15-24-25-21(30-15)26-17(10-3-5-11(22)6-4-10)16-18(27)13-9-12(23)7-8-14(13)29-19(16)20(26)28/h3-9,17H,2H2,1H3. The first-order valence-corrected chi connectivity index (χ1v) is 11.6. The van der Waals surface area contributed by atoms with E-state index in [9.17, 15) is 9.59 Å². The van der Waals surface area contributed by atoms with Crippen LogP contribution in [0.4, 0.5) is 5.13 Å². The fraction of sp³-hybridized carbons (Fsp3) is 0.143. The van der Waals surface area contributed by atoms with Gasteiger partial charge in [0.25, 0.3) is 5.91 Å². The van der Waals surface area contributed by atoms with Crippen molar-refractivity contribution >= 4 is 65.2 Å². The number of anilines is 1. The molecule has 6 nitrogen and oxygen atoms in total. The number of aryl methyl sites for hydroxylation is 1. The van der Waals surface area contributed by atoms with Gasteiger partial charge in [-0.15, -0.1) is 10.2 Å². The van der Waals surface area contributed by atoms with Gasteiger partial charge in [-0.1, -0.05) is 62.3 Å². The fourth-order valence-electron chi connectivity index (χ4n) is 3.59. The normalized spacial score (nSPS) is 15.8. The molecule has 0 bridgehead atoms. The highest BCUT2D eigenvalue weighted by atomic mass is 79.9. The number of carbonyl (C=O) groups is 1. The van der Waals surface area contributed by atoms with Crippen molar-refractivity contribution in [1.82, 2.24) is 10.2 Å². The van der Waals surface area contributed by atoms with Gasteiger partial charge in [-0.05, 0) is 42.3 Å². The van der Waals surface area contributed by atoms with Gasteiger partial charge in [-0.3, -0.25) is 14.5 Å². The van der Waals surface area contributed by atoms with E-state index in [1.807, 2.05) is 31.2 Å². The number of carbonyl (C=O) groups excluding carboxylic acids is 1. The van der Waals surface area contributed by atoms with E-state index in [0.29, 0.717) is 28.1 Å². The Kier molecular flexibility index (Phi) is 4.83. The van der Waals surface area contributed by atoms with Crippen LogP contribution in [-0.4, -0.2) is 16.1 Å². The number of fused-ring (bicyclic) bond motifs is 2. The number of aromatic nitrogens is 2. The zero-order valence-electron chi connectivity index (χ0n) is 15.6. The molecule has 1 unspecified atom stereocenters. The van der Waals surface area contributed by atoms with Crippen LogP contribution in [0, 0.1) is 0 Å². The molecule has 1 atom stereocenters. The molecule has 2 aromatic carbocycles. The SMILES string of the molecule is CCc1nnc(N2C(=O)c3oc4ccc(Br)cc4c(=O)c3C2c2ccc(Br)cc2)s1. The molecule has 0 saturated heterocycles. The molecule has 1 amide bonds. The number of halogens is 2. The molecule has 3 heterocycles. The van der Waals surface area contributed by atoms with Crippen molar-refractivity contribution in [3.63, 3.8) is 0 Å². The van der Waals surface area contributed by atoms with Crippen LogP contribution in [0.25, 0.3) is 11.0 Å². The summed E-state index contributed by atoms with van der Waals surface area (Å²) in [5, 5.41) is 10.1. The Morgan fingerprint density at radius 2 is 1.80 bits per heavy atom. The maximum Gasteiger partial charge on any atom is 0.297 e. The molecule has 1 aliphatic heterocycles. The van der Waals surface area contributed by atoms with Crippen LogP contribution in [0.3, 0.4) is 0 Å². The molecular formula is C21H13Br2N3O3S. The van der Waals surface area contributed by atoms with Crippen molar-refractivity contribution < 1.29 is 9.21 Å². The van der Waals surface area contributed by atoms with E-state index in [-0.39, 0.29) is 11.2 Å². The van der Waals surface area contributed by atoms with Gasteiger partial charge in [-0.2, -0.15) is 0 Å². The smallest absolute Gasteiger partial charge is 0.297 e. The van der Waals surface area contributed by atoms with Crippen molar-refractivity contribution in [2.45, 2.75) is 19.4 Å². The molecule has 30 heavy (non-hydrogen) atoms. The second-order valence-electron chi connectivity index (χ2n) is 6.78. The van der Waals surface area contributed by atoms with E-state index in [4.69, 9.17) is 4.42 Å². The minimum Gasteiger partial charge on any atom is -0.450 e. The van der Waals surface area contributed by atoms with E-state index in [2.05, 4.69) is 42.1 Å². The summed E-state index contributed by atoms with van der Waals surface area (Å²) in [5.74, 6) is -0.338. The summed E-state index contributed by atoms with van der Waals surface area (Å²) < 4.78 is 7.62. The molecule has 4 aromatic rings. The predicted molar refractivity (Wildman–Crippen MR) is 122 cm³/mol. The molecule has 9 heteroatoms. The summed E-state index contributed by atoms with van der Waals surface area (Å²) in [6.07, 6.45) is 0.713. The molecule has 0 spiro atoms. The summed E-state index contributed by atoms with van der Waals surface area (Å²) in [5.41, 5.74) is 1.26. The zero-order chi connectivity index (χ0) is 21.0. The molecule has 150 valence electrons. The highest BCUT2D eigenvalue weighted by molar-refractivity contribution is 9.10. The lowest BCUT2D eigenvalue weighted by Gasteiger charge is -2.22. The lowest BCUT2D eigenvalue weighted by molar-refractivity contribution is 0.0970. The minimum atomic E-state index is -0.641. The maximum atomic E-state index is 13.5. The summed E-state index contributed by atoms with van der Waals surface area (Å²) in [6, 6.07) is 12.1. The van der Waals surface area contributed by atoms with Crippen LogP contribution >= 0.6 is 43.2 Å². The van der Waals surface area contributed by atoms with Gasteiger partial charge in [0.05, 0.1) is 17.0 Å². The summed E-state index contributed by atoms with van der Waals surface area (Å²) in [4.78, 5) is 28.4. The Morgan fingerprint density at radius 1 is 1.07 bits per heavy atom. The summed E-state index contributed by atoms with van der Waals surface area (Å²) in [6.45, 7) is 1.98. The quantitative estimate of drug-likeness (QED) is 0.340. The van der Waals surface area contributed by atoms with Crippen LogP contribution in [0.15, 0.2) is 60.6 Å². The van der Waals surface area contributed by atoms with Crippen LogP contribution in [0.5, 0.6) is 0 Å². The third-order valence-electron chi connectivity index (χ3n) is 4.98. The van der Waals surface area contributed by atoms with E-state index >= 15 is 0 Å². The summed E-state index contributed by atoms with van der Waals surface area (Å²) >= 11 is 8.19. The second-order valence-corrected chi connectivity index (χ2v) is 9.65. The number of hydrogen-bond acceptors (Lipinski definition) is 6. The van der Waals surface area contributed by atoms with Gasteiger partial charge in [-0.25, -0.2) is 0 Å². The minimum absolute atomic E-state index is 0.0518. The molecule has 0 aliphatic carbocycles.